The zero-order valence-electron chi connectivity index (χ0n) is 18.9. The molecule has 10 heteroatoms. The highest BCUT2D eigenvalue weighted by atomic mass is 35.5. The summed E-state index contributed by atoms with van der Waals surface area (Å²) in [4.78, 5) is 17.1. The number of halogens is 1. The molecule has 0 saturated carbocycles. The molecule has 0 radical (unpaired) electrons. The predicted molar refractivity (Wildman–Crippen MR) is 128 cm³/mol. The smallest absolute Gasteiger partial charge is 0.243 e. The van der Waals surface area contributed by atoms with Crippen LogP contribution < -0.4 is 5.43 Å². The van der Waals surface area contributed by atoms with Crippen molar-refractivity contribution in [1.29, 1.82) is 0 Å². The summed E-state index contributed by atoms with van der Waals surface area (Å²) in [5.74, 6) is -0.226. The van der Waals surface area contributed by atoms with Crippen molar-refractivity contribution in [2.24, 2.45) is 7.05 Å². The van der Waals surface area contributed by atoms with Gasteiger partial charge in [-0.1, -0.05) is 18.0 Å². The molecule has 0 bridgehead atoms. The van der Waals surface area contributed by atoms with Crippen molar-refractivity contribution in [2.45, 2.75) is 37.2 Å². The molecule has 0 aliphatic carbocycles. The van der Waals surface area contributed by atoms with Crippen molar-refractivity contribution >= 4 is 21.6 Å². The Bertz CT molecular complexity index is 1140. The normalized spacial score (nSPS) is 19.1. The highest BCUT2D eigenvalue weighted by molar-refractivity contribution is 7.89. The molecule has 33 heavy (non-hydrogen) atoms. The zero-order valence-corrected chi connectivity index (χ0v) is 20.5. The SMILES string of the molecule is Cn1c(CN2CCCCC2)cc(=O)c(O)c1CN1CCN(S(=O)(=O)c2ccc(Cl)cc2)CC1. The minimum absolute atomic E-state index is 0.226. The molecule has 0 amide bonds. The molecule has 180 valence electrons. The van der Waals surface area contributed by atoms with Gasteiger partial charge in [-0.2, -0.15) is 4.31 Å². The highest BCUT2D eigenvalue weighted by Gasteiger charge is 2.29. The molecule has 2 aromatic rings. The Morgan fingerprint density at radius 3 is 2.15 bits per heavy atom. The molecular weight excluding hydrogens is 464 g/mol. The van der Waals surface area contributed by atoms with Gasteiger partial charge in [0, 0.05) is 63.1 Å². The van der Waals surface area contributed by atoms with Crippen LogP contribution in [0.4, 0.5) is 0 Å². The molecule has 2 aliphatic heterocycles. The van der Waals surface area contributed by atoms with E-state index in [1.54, 1.807) is 12.1 Å². The molecule has 2 saturated heterocycles. The van der Waals surface area contributed by atoms with Crippen LogP contribution in [0.25, 0.3) is 0 Å². The number of hydrogen-bond acceptors (Lipinski definition) is 6. The molecule has 1 aromatic carbocycles. The number of benzene rings is 1. The first-order chi connectivity index (χ1) is 15.8. The number of pyridine rings is 1. The summed E-state index contributed by atoms with van der Waals surface area (Å²) in [7, 11) is -1.70. The van der Waals surface area contributed by atoms with Gasteiger partial charge in [-0.3, -0.25) is 14.6 Å². The Kier molecular flexibility index (Phi) is 7.45. The number of hydrogen-bond donors (Lipinski definition) is 1. The summed E-state index contributed by atoms with van der Waals surface area (Å²) < 4.78 is 29.2. The number of rotatable bonds is 6. The van der Waals surface area contributed by atoms with Gasteiger partial charge in [0.05, 0.1) is 10.6 Å². The van der Waals surface area contributed by atoms with Crippen LogP contribution in [-0.4, -0.2) is 71.5 Å². The van der Waals surface area contributed by atoms with Crippen molar-refractivity contribution in [1.82, 2.24) is 18.7 Å². The molecule has 0 unspecified atom stereocenters. The van der Waals surface area contributed by atoms with Gasteiger partial charge in [0.15, 0.2) is 5.75 Å². The van der Waals surface area contributed by atoms with Gasteiger partial charge in [-0.05, 0) is 50.2 Å². The van der Waals surface area contributed by atoms with Gasteiger partial charge in [-0.25, -0.2) is 8.42 Å². The van der Waals surface area contributed by atoms with Crippen molar-refractivity contribution in [2.75, 3.05) is 39.3 Å². The fourth-order valence-corrected chi connectivity index (χ4v) is 6.11. The Hall–Kier alpha value is -1.91. The second-order valence-corrected chi connectivity index (χ2v) is 11.2. The van der Waals surface area contributed by atoms with Crippen LogP contribution in [0.5, 0.6) is 5.75 Å². The molecule has 3 heterocycles. The van der Waals surface area contributed by atoms with Crippen LogP contribution in [0.1, 0.15) is 30.7 Å². The summed E-state index contributed by atoms with van der Waals surface area (Å²) >= 11 is 5.88. The topological polar surface area (TPSA) is 86.1 Å². The first-order valence-electron chi connectivity index (χ1n) is 11.4. The van der Waals surface area contributed by atoms with E-state index in [-0.39, 0.29) is 16.1 Å². The van der Waals surface area contributed by atoms with Gasteiger partial charge in [0.25, 0.3) is 0 Å². The third-order valence-electron chi connectivity index (χ3n) is 6.63. The van der Waals surface area contributed by atoms with Gasteiger partial charge in [0.2, 0.25) is 15.5 Å². The van der Waals surface area contributed by atoms with Crippen LogP contribution in [-0.2, 0) is 30.2 Å². The van der Waals surface area contributed by atoms with E-state index >= 15 is 0 Å². The van der Waals surface area contributed by atoms with Gasteiger partial charge in [-0.15, -0.1) is 0 Å². The molecular formula is C23H31ClN4O4S. The van der Waals surface area contributed by atoms with Crippen LogP contribution in [0.2, 0.25) is 5.02 Å². The lowest BCUT2D eigenvalue weighted by molar-refractivity contribution is 0.175. The van der Waals surface area contributed by atoms with Crippen LogP contribution >= 0.6 is 11.6 Å². The molecule has 1 N–H and O–H groups in total. The average molecular weight is 495 g/mol. The first-order valence-corrected chi connectivity index (χ1v) is 13.2. The second-order valence-electron chi connectivity index (χ2n) is 8.83. The number of likely N-dealkylation sites (tertiary alicyclic amines) is 1. The first kappa shape index (κ1) is 24.2. The molecule has 4 rings (SSSR count). The monoisotopic (exact) mass is 494 g/mol. The highest BCUT2D eigenvalue weighted by Crippen LogP contribution is 2.22. The van der Waals surface area contributed by atoms with Gasteiger partial charge >= 0.3 is 0 Å². The van der Waals surface area contributed by atoms with E-state index in [4.69, 9.17) is 11.6 Å². The summed E-state index contributed by atoms with van der Waals surface area (Å²) in [5, 5.41) is 11.0. The molecule has 1 aromatic heterocycles. The third kappa shape index (κ3) is 5.44. The second kappa shape index (κ2) is 10.1. The standard InChI is InChI=1S/C23H31ClN4O4S/c1-25-19(16-26-9-3-2-4-10-26)15-22(29)23(30)21(25)17-27-11-13-28(14-12-27)33(31,32)20-7-5-18(24)6-8-20/h5-8,15,30H,2-4,9-14,16-17H2,1H3. The van der Waals surface area contributed by atoms with Crippen molar-refractivity contribution in [3.8, 4) is 5.75 Å². The van der Waals surface area contributed by atoms with E-state index in [1.807, 2.05) is 11.6 Å². The van der Waals surface area contributed by atoms with E-state index < -0.39 is 10.0 Å². The van der Waals surface area contributed by atoms with Crippen LogP contribution in [0.3, 0.4) is 0 Å². The predicted octanol–water partition coefficient (Wildman–Crippen LogP) is 2.24. The van der Waals surface area contributed by atoms with E-state index in [1.165, 1.54) is 41.8 Å². The summed E-state index contributed by atoms with van der Waals surface area (Å²) in [5.41, 5.74) is 1.10. The number of aromatic nitrogens is 1. The Labute approximate surface area is 200 Å². The lowest BCUT2D eigenvalue weighted by Gasteiger charge is -2.34. The quantitative estimate of drug-likeness (QED) is 0.662. The molecule has 0 spiro atoms. The molecule has 2 fully saturated rings. The van der Waals surface area contributed by atoms with E-state index in [0.29, 0.717) is 50.0 Å². The largest absolute Gasteiger partial charge is 0.503 e. The fourth-order valence-electron chi connectivity index (χ4n) is 4.57. The zero-order chi connectivity index (χ0) is 23.6. The van der Waals surface area contributed by atoms with E-state index in [9.17, 15) is 18.3 Å². The Balaban J connectivity index is 1.44. The molecule has 0 atom stereocenters. The summed E-state index contributed by atoms with van der Waals surface area (Å²) in [6.07, 6.45) is 3.58. The number of sulfonamides is 1. The number of piperazine rings is 1. The minimum atomic E-state index is -3.58. The summed E-state index contributed by atoms with van der Waals surface area (Å²) in [6, 6.07) is 7.72. The lowest BCUT2D eigenvalue weighted by Crippen LogP contribution is -2.48. The molecule has 8 nitrogen and oxygen atoms in total. The lowest BCUT2D eigenvalue weighted by atomic mass is 10.1. The Morgan fingerprint density at radius 2 is 1.52 bits per heavy atom. The van der Waals surface area contributed by atoms with E-state index in [0.717, 1.165) is 18.8 Å². The Morgan fingerprint density at radius 1 is 0.909 bits per heavy atom. The minimum Gasteiger partial charge on any atom is -0.503 e. The summed E-state index contributed by atoms with van der Waals surface area (Å²) in [6.45, 7) is 4.82. The number of aromatic hydroxyl groups is 1. The molecule has 2 aliphatic rings. The third-order valence-corrected chi connectivity index (χ3v) is 8.80. The van der Waals surface area contributed by atoms with E-state index in [2.05, 4.69) is 9.80 Å². The maximum Gasteiger partial charge on any atom is 0.243 e. The van der Waals surface area contributed by atoms with Crippen LogP contribution in [0.15, 0.2) is 40.0 Å². The fraction of sp³-hybridized carbons (Fsp3) is 0.522. The van der Waals surface area contributed by atoms with Crippen molar-refractivity contribution < 1.29 is 13.5 Å². The maximum absolute atomic E-state index is 12.9. The van der Waals surface area contributed by atoms with Crippen molar-refractivity contribution in [3.05, 3.63) is 57.0 Å². The number of piperidine rings is 1. The van der Waals surface area contributed by atoms with Gasteiger partial charge in [0.1, 0.15) is 0 Å². The van der Waals surface area contributed by atoms with Crippen LogP contribution in [0, 0.1) is 0 Å². The average Bonchev–Trinajstić information content (AvgIpc) is 2.81. The number of nitrogens with zero attached hydrogens (tertiary/aromatic N) is 4. The van der Waals surface area contributed by atoms with Gasteiger partial charge < -0.3 is 9.67 Å². The van der Waals surface area contributed by atoms with Crippen molar-refractivity contribution in [3.63, 3.8) is 0 Å². The maximum atomic E-state index is 12.9.